The number of carboxylic acids is 1. The number of benzene rings is 1. The zero-order chi connectivity index (χ0) is 19.0. The molecule has 0 fully saturated rings. The number of hydrogen-bond donors (Lipinski definition) is 1. The van der Waals surface area contributed by atoms with Gasteiger partial charge in [-0.05, 0) is 31.9 Å². The SMILES string of the molecule is CCOC(=O)C(C(=O)OCC)(/C(C)=C(\C#N)C(=O)O)c1ccccc1. The Morgan fingerprint density at radius 2 is 1.56 bits per heavy atom. The van der Waals surface area contributed by atoms with Gasteiger partial charge in [0, 0.05) is 0 Å². The fourth-order valence-electron chi connectivity index (χ4n) is 2.49. The second-order valence-electron chi connectivity index (χ2n) is 4.97. The Hall–Kier alpha value is -3.14. The van der Waals surface area contributed by atoms with Crippen LogP contribution in [-0.2, 0) is 29.3 Å². The molecule has 0 unspecified atom stereocenters. The van der Waals surface area contributed by atoms with Crippen LogP contribution in [0, 0.1) is 11.3 Å². The van der Waals surface area contributed by atoms with Gasteiger partial charge in [0.25, 0.3) is 0 Å². The Labute approximate surface area is 145 Å². The summed E-state index contributed by atoms with van der Waals surface area (Å²) in [7, 11) is 0. The van der Waals surface area contributed by atoms with E-state index in [1.54, 1.807) is 32.0 Å². The second kappa shape index (κ2) is 8.64. The van der Waals surface area contributed by atoms with E-state index in [1.165, 1.54) is 25.1 Å². The number of ether oxygens (including phenoxy) is 2. The number of esters is 2. The van der Waals surface area contributed by atoms with Gasteiger partial charge < -0.3 is 14.6 Å². The molecule has 0 atom stereocenters. The van der Waals surface area contributed by atoms with Crippen molar-refractivity contribution in [2.45, 2.75) is 26.2 Å². The van der Waals surface area contributed by atoms with Crippen LogP contribution >= 0.6 is 0 Å². The van der Waals surface area contributed by atoms with Crippen molar-refractivity contribution >= 4 is 17.9 Å². The van der Waals surface area contributed by atoms with Gasteiger partial charge in [-0.1, -0.05) is 30.3 Å². The number of rotatable bonds is 7. The number of carbonyl (C=O) groups is 3. The molecular formula is C18H19NO6. The number of nitriles is 1. The van der Waals surface area contributed by atoms with Crippen molar-refractivity contribution < 1.29 is 29.0 Å². The lowest BCUT2D eigenvalue weighted by molar-refractivity contribution is -0.162. The van der Waals surface area contributed by atoms with Crippen molar-refractivity contribution in [3.05, 3.63) is 47.0 Å². The van der Waals surface area contributed by atoms with Crippen LogP contribution in [0.15, 0.2) is 41.5 Å². The molecule has 0 bridgehead atoms. The van der Waals surface area contributed by atoms with Crippen LogP contribution < -0.4 is 0 Å². The molecule has 1 N–H and O–H groups in total. The molecule has 0 saturated heterocycles. The third-order valence-electron chi connectivity index (χ3n) is 3.63. The predicted molar refractivity (Wildman–Crippen MR) is 87.3 cm³/mol. The summed E-state index contributed by atoms with van der Waals surface area (Å²) in [5.74, 6) is -3.54. The Morgan fingerprint density at radius 3 is 1.92 bits per heavy atom. The van der Waals surface area contributed by atoms with Gasteiger partial charge >= 0.3 is 17.9 Å². The van der Waals surface area contributed by atoms with Crippen LogP contribution in [0.2, 0.25) is 0 Å². The summed E-state index contributed by atoms with van der Waals surface area (Å²) in [5.41, 5.74) is -2.98. The normalized spacial score (nSPS) is 11.8. The molecule has 1 aromatic carbocycles. The van der Waals surface area contributed by atoms with Crippen LogP contribution in [0.5, 0.6) is 0 Å². The lowest BCUT2D eigenvalue weighted by atomic mass is 9.72. The van der Waals surface area contributed by atoms with Gasteiger partial charge in [-0.2, -0.15) is 5.26 Å². The molecule has 0 heterocycles. The number of carbonyl (C=O) groups excluding carboxylic acids is 2. The summed E-state index contributed by atoms with van der Waals surface area (Å²) in [6.45, 7) is 4.29. The Kier molecular flexibility index (Phi) is 6.88. The molecule has 0 radical (unpaired) electrons. The Balaban J connectivity index is 3.91. The second-order valence-corrected chi connectivity index (χ2v) is 4.97. The van der Waals surface area contributed by atoms with Crippen molar-refractivity contribution in [1.82, 2.24) is 0 Å². The zero-order valence-corrected chi connectivity index (χ0v) is 14.2. The van der Waals surface area contributed by atoms with Crippen LogP contribution in [0.4, 0.5) is 0 Å². The molecule has 0 aliphatic rings. The smallest absolute Gasteiger partial charge is 0.346 e. The predicted octanol–water partition coefficient (Wildman–Crippen LogP) is 1.98. The highest BCUT2D eigenvalue weighted by Crippen LogP contribution is 2.37. The van der Waals surface area contributed by atoms with E-state index in [4.69, 9.17) is 9.47 Å². The minimum Gasteiger partial charge on any atom is -0.477 e. The summed E-state index contributed by atoms with van der Waals surface area (Å²) in [5, 5.41) is 18.5. The molecule has 0 aromatic heterocycles. The van der Waals surface area contributed by atoms with Gasteiger partial charge in [0.15, 0.2) is 0 Å². The maximum Gasteiger partial charge on any atom is 0.346 e. The number of aliphatic carboxylic acids is 1. The number of carboxylic acid groups (broad SMARTS) is 1. The molecule has 7 heteroatoms. The fraction of sp³-hybridized carbons (Fsp3) is 0.333. The Bertz CT molecular complexity index is 712. The molecular weight excluding hydrogens is 326 g/mol. The van der Waals surface area contributed by atoms with Crippen molar-refractivity contribution in [2.24, 2.45) is 0 Å². The van der Waals surface area contributed by atoms with Crippen molar-refractivity contribution in [1.29, 1.82) is 5.26 Å². The van der Waals surface area contributed by atoms with E-state index in [9.17, 15) is 24.8 Å². The average Bonchev–Trinajstić information content (AvgIpc) is 2.57. The summed E-state index contributed by atoms with van der Waals surface area (Å²) in [6, 6.07) is 9.34. The quantitative estimate of drug-likeness (QED) is 0.348. The van der Waals surface area contributed by atoms with Crippen molar-refractivity contribution in [3.63, 3.8) is 0 Å². The van der Waals surface area contributed by atoms with E-state index in [-0.39, 0.29) is 24.4 Å². The zero-order valence-electron chi connectivity index (χ0n) is 14.2. The standard InChI is InChI=1S/C18H19NO6/c1-4-24-16(22)18(17(23)25-5-2,13-9-7-6-8-10-13)12(3)14(11-19)15(20)21/h6-10H,4-5H2,1-3H3,(H,20,21)/b14-12+. The largest absolute Gasteiger partial charge is 0.477 e. The molecule has 1 rings (SSSR count). The van der Waals surface area contributed by atoms with Gasteiger partial charge in [0.2, 0.25) is 5.41 Å². The summed E-state index contributed by atoms with van der Waals surface area (Å²) in [6.07, 6.45) is 0. The highest BCUT2D eigenvalue weighted by atomic mass is 16.6. The van der Waals surface area contributed by atoms with E-state index in [0.717, 1.165) is 0 Å². The lowest BCUT2D eigenvalue weighted by Gasteiger charge is -2.30. The maximum atomic E-state index is 12.8. The Morgan fingerprint density at radius 1 is 1.08 bits per heavy atom. The minimum atomic E-state index is -2.17. The van der Waals surface area contributed by atoms with Gasteiger partial charge in [-0.15, -0.1) is 0 Å². The highest BCUT2D eigenvalue weighted by molar-refractivity contribution is 6.12. The maximum absolute atomic E-state index is 12.8. The first-order chi connectivity index (χ1) is 11.9. The molecule has 1 aromatic rings. The van der Waals surface area contributed by atoms with E-state index in [0.29, 0.717) is 0 Å². The minimum absolute atomic E-state index is 0.0327. The molecule has 0 saturated carbocycles. The fourth-order valence-corrected chi connectivity index (χ4v) is 2.49. The monoisotopic (exact) mass is 345 g/mol. The number of hydrogen-bond acceptors (Lipinski definition) is 6. The molecule has 0 amide bonds. The van der Waals surface area contributed by atoms with Crippen LogP contribution in [0.25, 0.3) is 0 Å². The van der Waals surface area contributed by atoms with E-state index in [1.807, 2.05) is 0 Å². The van der Waals surface area contributed by atoms with Crippen LogP contribution in [-0.4, -0.2) is 36.2 Å². The van der Waals surface area contributed by atoms with Crippen molar-refractivity contribution in [3.8, 4) is 6.07 Å². The van der Waals surface area contributed by atoms with Crippen molar-refractivity contribution in [2.75, 3.05) is 13.2 Å². The van der Waals surface area contributed by atoms with E-state index in [2.05, 4.69) is 0 Å². The summed E-state index contributed by atoms with van der Waals surface area (Å²) < 4.78 is 10.1. The summed E-state index contributed by atoms with van der Waals surface area (Å²) >= 11 is 0. The van der Waals surface area contributed by atoms with Gasteiger partial charge in [0.1, 0.15) is 11.6 Å². The van der Waals surface area contributed by atoms with Crippen LogP contribution in [0.1, 0.15) is 26.3 Å². The van der Waals surface area contributed by atoms with Crippen LogP contribution in [0.3, 0.4) is 0 Å². The van der Waals surface area contributed by atoms with E-state index < -0.39 is 28.9 Å². The van der Waals surface area contributed by atoms with E-state index >= 15 is 0 Å². The van der Waals surface area contributed by atoms with Gasteiger partial charge in [0.05, 0.1) is 13.2 Å². The topological polar surface area (TPSA) is 114 Å². The highest BCUT2D eigenvalue weighted by Gasteiger charge is 2.53. The van der Waals surface area contributed by atoms with Gasteiger partial charge in [-0.25, -0.2) is 4.79 Å². The summed E-state index contributed by atoms with van der Waals surface area (Å²) in [4.78, 5) is 37.0. The molecule has 25 heavy (non-hydrogen) atoms. The molecule has 7 nitrogen and oxygen atoms in total. The first kappa shape index (κ1) is 19.9. The first-order valence-corrected chi connectivity index (χ1v) is 7.62. The molecule has 0 aliphatic carbocycles. The first-order valence-electron chi connectivity index (χ1n) is 7.62. The molecule has 132 valence electrons. The molecule has 0 aliphatic heterocycles. The third-order valence-corrected chi connectivity index (χ3v) is 3.63. The molecule has 0 spiro atoms. The number of nitrogens with zero attached hydrogens (tertiary/aromatic N) is 1. The average molecular weight is 345 g/mol. The van der Waals surface area contributed by atoms with Gasteiger partial charge in [-0.3, -0.25) is 9.59 Å². The lowest BCUT2D eigenvalue weighted by Crippen LogP contribution is -2.48. The third kappa shape index (κ3) is 3.69.